The first-order chi connectivity index (χ1) is 8.06. The average Bonchev–Trinajstić information content (AvgIpc) is 2.25. The van der Waals surface area contributed by atoms with Crippen molar-refractivity contribution in [2.24, 2.45) is 0 Å². The maximum atomic E-state index is 5.90. The fourth-order valence-corrected chi connectivity index (χ4v) is 2.82. The summed E-state index contributed by atoms with van der Waals surface area (Å²) in [7, 11) is 0. The van der Waals surface area contributed by atoms with Gasteiger partial charge >= 0.3 is 0 Å². The summed E-state index contributed by atoms with van der Waals surface area (Å²) in [4.78, 5) is 0. The van der Waals surface area contributed by atoms with Gasteiger partial charge in [0.2, 0.25) is 0 Å². The summed E-state index contributed by atoms with van der Waals surface area (Å²) in [6, 6.07) is 11.4. The van der Waals surface area contributed by atoms with E-state index >= 15 is 0 Å². The minimum atomic E-state index is 0.703. The normalized spacial score (nSPS) is 10.3. The number of rotatable bonds is 2. The van der Waals surface area contributed by atoms with Gasteiger partial charge in [0.15, 0.2) is 0 Å². The Morgan fingerprint density at radius 1 is 1.12 bits per heavy atom. The van der Waals surface area contributed by atoms with E-state index in [4.69, 9.17) is 17.3 Å². The Hall–Kier alpha value is -0.460. The van der Waals surface area contributed by atoms with E-state index in [1.54, 1.807) is 0 Å². The van der Waals surface area contributed by atoms with Gasteiger partial charge in [0.1, 0.15) is 0 Å². The third kappa shape index (κ3) is 3.26. The monoisotopic (exact) mass is 422 g/mol. The molecule has 0 aromatic heterocycles. The second-order valence-electron chi connectivity index (χ2n) is 3.49. The van der Waals surface area contributed by atoms with Gasteiger partial charge in [0, 0.05) is 18.8 Å². The van der Waals surface area contributed by atoms with E-state index in [1.807, 2.05) is 36.4 Å². The number of nitrogens with two attached hydrogens (primary N) is 1. The SMILES string of the molecule is Nc1ccc(Nc2ccc(Cl)cc2Br)c(I)c1. The summed E-state index contributed by atoms with van der Waals surface area (Å²) in [6.45, 7) is 0. The molecule has 0 radical (unpaired) electrons. The number of benzene rings is 2. The highest BCUT2D eigenvalue weighted by atomic mass is 127. The lowest BCUT2D eigenvalue weighted by Crippen LogP contribution is -1.95. The summed E-state index contributed by atoms with van der Waals surface area (Å²) in [5.74, 6) is 0. The molecule has 0 aliphatic carbocycles. The molecule has 2 aromatic carbocycles. The Balaban J connectivity index is 2.31. The van der Waals surface area contributed by atoms with Crippen LogP contribution < -0.4 is 11.1 Å². The lowest BCUT2D eigenvalue weighted by atomic mass is 10.2. The lowest BCUT2D eigenvalue weighted by molar-refractivity contribution is 1.50. The highest BCUT2D eigenvalue weighted by Crippen LogP contribution is 2.30. The highest BCUT2D eigenvalue weighted by Gasteiger charge is 2.04. The standard InChI is InChI=1S/C12H9BrClIN2/c13-9-5-7(14)1-3-11(9)17-12-4-2-8(16)6-10(12)15/h1-6,17H,16H2. The molecule has 0 heterocycles. The third-order valence-corrected chi connectivity index (χ3v) is 3.98. The molecule has 88 valence electrons. The predicted octanol–water partition coefficient (Wildman–Crippen LogP) is 5.03. The van der Waals surface area contributed by atoms with Crippen LogP contribution in [-0.2, 0) is 0 Å². The van der Waals surface area contributed by atoms with Crippen LogP contribution in [0.2, 0.25) is 5.02 Å². The molecule has 0 amide bonds. The summed E-state index contributed by atoms with van der Waals surface area (Å²) in [6.07, 6.45) is 0. The van der Waals surface area contributed by atoms with Gasteiger partial charge in [-0.3, -0.25) is 0 Å². The van der Waals surface area contributed by atoms with Crippen LogP contribution in [0.3, 0.4) is 0 Å². The molecule has 2 aromatic rings. The van der Waals surface area contributed by atoms with E-state index in [-0.39, 0.29) is 0 Å². The first kappa shape index (κ1) is 13.0. The Morgan fingerprint density at radius 2 is 1.82 bits per heavy atom. The largest absolute Gasteiger partial charge is 0.399 e. The van der Waals surface area contributed by atoms with Crippen LogP contribution in [0.4, 0.5) is 17.1 Å². The fourth-order valence-electron chi connectivity index (χ4n) is 1.37. The topological polar surface area (TPSA) is 38.0 Å². The van der Waals surface area contributed by atoms with Gasteiger partial charge in [-0.05, 0) is 74.9 Å². The Bertz CT molecular complexity index is 511. The van der Waals surface area contributed by atoms with Crippen molar-refractivity contribution in [3.8, 4) is 0 Å². The summed E-state index contributed by atoms with van der Waals surface area (Å²) in [5.41, 5.74) is 8.46. The minimum Gasteiger partial charge on any atom is -0.399 e. The van der Waals surface area contributed by atoms with E-state index < -0.39 is 0 Å². The fraction of sp³-hybridized carbons (Fsp3) is 0. The molecule has 2 rings (SSSR count). The number of anilines is 3. The van der Waals surface area contributed by atoms with Gasteiger partial charge < -0.3 is 11.1 Å². The van der Waals surface area contributed by atoms with E-state index in [1.165, 1.54) is 0 Å². The number of nitrogens with one attached hydrogen (secondary N) is 1. The zero-order valence-corrected chi connectivity index (χ0v) is 13.2. The van der Waals surface area contributed by atoms with Crippen molar-refractivity contribution in [1.29, 1.82) is 0 Å². The number of halogens is 3. The Kier molecular flexibility index (Phi) is 4.17. The number of nitrogen functional groups attached to an aromatic ring is 1. The van der Waals surface area contributed by atoms with Crippen LogP contribution in [0.5, 0.6) is 0 Å². The zero-order valence-electron chi connectivity index (χ0n) is 8.68. The van der Waals surface area contributed by atoms with Crippen molar-refractivity contribution in [2.75, 3.05) is 11.1 Å². The van der Waals surface area contributed by atoms with Crippen LogP contribution in [0.1, 0.15) is 0 Å². The van der Waals surface area contributed by atoms with Gasteiger partial charge in [-0.1, -0.05) is 11.6 Å². The van der Waals surface area contributed by atoms with Crippen LogP contribution >= 0.6 is 50.1 Å². The van der Waals surface area contributed by atoms with Crippen LogP contribution in [0.25, 0.3) is 0 Å². The number of hydrogen-bond donors (Lipinski definition) is 2. The zero-order chi connectivity index (χ0) is 12.4. The molecular formula is C12H9BrClIN2. The second-order valence-corrected chi connectivity index (χ2v) is 5.94. The maximum absolute atomic E-state index is 5.90. The molecule has 0 saturated heterocycles. The van der Waals surface area contributed by atoms with Crippen molar-refractivity contribution in [1.82, 2.24) is 0 Å². The smallest absolute Gasteiger partial charge is 0.0529 e. The number of hydrogen-bond acceptors (Lipinski definition) is 2. The van der Waals surface area contributed by atoms with Crippen molar-refractivity contribution >= 4 is 67.2 Å². The molecule has 0 aliphatic rings. The van der Waals surface area contributed by atoms with Crippen LogP contribution in [0.15, 0.2) is 40.9 Å². The molecule has 5 heteroatoms. The van der Waals surface area contributed by atoms with Gasteiger partial charge in [-0.2, -0.15) is 0 Å². The minimum absolute atomic E-state index is 0.703. The predicted molar refractivity (Wildman–Crippen MR) is 86.0 cm³/mol. The van der Waals surface area contributed by atoms with Gasteiger partial charge in [-0.15, -0.1) is 0 Å². The molecule has 3 N–H and O–H groups in total. The van der Waals surface area contributed by atoms with Crippen LogP contribution in [0, 0.1) is 3.57 Å². The molecule has 2 nitrogen and oxygen atoms in total. The van der Waals surface area contributed by atoms with Gasteiger partial charge in [-0.25, -0.2) is 0 Å². The summed E-state index contributed by atoms with van der Waals surface area (Å²) in [5, 5.41) is 4.03. The first-order valence-corrected chi connectivity index (χ1v) is 7.08. The van der Waals surface area contributed by atoms with Crippen molar-refractivity contribution < 1.29 is 0 Å². The maximum Gasteiger partial charge on any atom is 0.0529 e. The van der Waals surface area contributed by atoms with E-state index in [0.717, 1.165) is 25.1 Å². The van der Waals surface area contributed by atoms with Crippen molar-refractivity contribution in [2.45, 2.75) is 0 Å². The molecule has 17 heavy (non-hydrogen) atoms. The summed E-state index contributed by atoms with van der Waals surface area (Å²) >= 11 is 11.6. The Morgan fingerprint density at radius 3 is 2.47 bits per heavy atom. The Labute approximate surface area is 127 Å². The molecule has 0 saturated carbocycles. The third-order valence-electron chi connectivity index (χ3n) is 2.19. The van der Waals surface area contributed by atoms with E-state index in [9.17, 15) is 0 Å². The van der Waals surface area contributed by atoms with Crippen molar-refractivity contribution in [3.05, 3.63) is 49.5 Å². The molecule has 0 unspecified atom stereocenters. The molecule has 0 bridgehead atoms. The molecule has 0 atom stereocenters. The lowest BCUT2D eigenvalue weighted by Gasteiger charge is -2.11. The van der Waals surface area contributed by atoms with Crippen LogP contribution in [-0.4, -0.2) is 0 Å². The molecule has 0 aliphatic heterocycles. The molecule has 0 spiro atoms. The van der Waals surface area contributed by atoms with Gasteiger partial charge in [0.25, 0.3) is 0 Å². The average molecular weight is 423 g/mol. The first-order valence-electron chi connectivity index (χ1n) is 4.83. The van der Waals surface area contributed by atoms with E-state index in [0.29, 0.717) is 5.02 Å². The summed E-state index contributed by atoms with van der Waals surface area (Å²) < 4.78 is 2.00. The van der Waals surface area contributed by atoms with Crippen molar-refractivity contribution in [3.63, 3.8) is 0 Å². The molecule has 0 fully saturated rings. The van der Waals surface area contributed by atoms with Gasteiger partial charge in [0.05, 0.1) is 11.4 Å². The quantitative estimate of drug-likeness (QED) is 0.525. The second kappa shape index (κ2) is 5.46. The molecular weight excluding hydrogens is 414 g/mol. The highest BCUT2D eigenvalue weighted by molar-refractivity contribution is 14.1. The van der Waals surface area contributed by atoms with E-state index in [2.05, 4.69) is 43.8 Å².